The third kappa shape index (κ3) is 6.40. The fraction of sp³-hybridized carbons (Fsp3) is 0.138. The third-order valence-electron chi connectivity index (χ3n) is 5.46. The summed E-state index contributed by atoms with van der Waals surface area (Å²) < 4.78 is 11.8. The largest absolute Gasteiger partial charge is 0.485 e. The molecule has 34 heavy (non-hydrogen) atoms. The van der Waals surface area contributed by atoms with Crippen molar-refractivity contribution in [2.24, 2.45) is 0 Å². The fourth-order valence-electron chi connectivity index (χ4n) is 3.59. The van der Waals surface area contributed by atoms with Gasteiger partial charge in [0.25, 0.3) is 0 Å². The summed E-state index contributed by atoms with van der Waals surface area (Å²) in [5.74, 6) is -0.0653. The zero-order valence-electron chi connectivity index (χ0n) is 18.6. The lowest BCUT2D eigenvalue weighted by molar-refractivity contribution is -0.145. The molecule has 0 spiro atoms. The first kappa shape index (κ1) is 23.4. The van der Waals surface area contributed by atoms with Gasteiger partial charge in [0, 0.05) is 5.02 Å². The maximum Gasteiger partial charge on any atom is 0.344 e. The van der Waals surface area contributed by atoms with Gasteiger partial charge in [0.15, 0.2) is 17.6 Å². The molecule has 5 heteroatoms. The van der Waals surface area contributed by atoms with Crippen molar-refractivity contribution >= 4 is 17.6 Å². The fourth-order valence-corrected chi connectivity index (χ4v) is 3.72. The first-order chi connectivity index (χ1) is 16.6. The Balaban J connectivity index is 1.38. The lowest BCUT2D eigenvalue weighted by Gasteiger charge is -2.18. The Kier molecular flexibility index (Phi) is 7.84. The summed E-state index contributed by atoms with van der Waals surface area (Å²) in [7, 11) is 0. The van der Waals surface area contributed by atoms with Crippen LogP contribution in [0.5, 0.6) is 11.5 Å². The molecule has 0 aliphatic rings. The molecule has 0 fully saturated rings. The maximum absolute atomic E-state index is 11.9. The van der Waals surface area contributed by atoms with E-state index in [1.807, 2.05) is 84.9 Å². The van der Waals surface area contributed by atoms with Crippen LogP contribution in [0.25, 0.3) is 11.1 Å². The monoisotopic (exact) mass is 472 g/mol. The second kappa shape index (κ2) is 11.4. The number of para-hydroxylation sites is 2. The van der Waals surface area contributed by atoms with Crippen LogP contribution in [-0.4, -0.2) is 17.2 Å². The van der Waals surface area contributed by atoms with Crippen molar-refractivity contribution < 1.29 is 19.4 Å². The molecule has 4 nitrogen and oxygen atoms in total. The van der Waals surface area contributed by atoms with E-state index in [1.54, 1.807) is 18.2 Å². The summed E-state index contributed by atoms with van der Waals surface area (Å²) in [6.07, 6.45) is -0.0782. The summed E-state index contributed by atoms with van der Waals surface area (Å²) in [5, 5.41) is 10.5. The van der Waals surface area contributed by atoms with E-state index in [4.69, 9.17) is 21.1 Å². The van der Waals surface area contributed by atoms with Crippen LogP contribution >= 0.6 is 11.6 Å². The Morgan fingerprint density at radius 2 is 1.32 bits per heavy atom. The van der Waals surface area contributed by atoms with Crippen molar-refractivity contribution in [2.45, 2.75) is 25.6 Å². The zero-order valence-corrected chi connectivity index (χ0v) is 19.3. The van der Waals surface area contributed by atoms with Gasteiger partial charge >= 0.3 is 5.97 Å². The van der Waals surface area contributed by atoms with Gasteiger partial charge in [-0.3, -0.25) is 0 Å². The highest BCUT2D eigenvalue weighted by molar-refractivity contribution is 6.30. The second-order valence-corrected chi connectivity index (χ2v) is 8.34. The Hall–Kier alpha value is -3.76. The topological polar surface area (TPSA) is 55.8 Å². The number of carboxylic acid groups (broad SMARTS) is 1. The van der Waals surface area contributed by atoms with E-state index in [2.05, 4.69) is 0 Å². The van der Waals surface area contributed by atoms with Gasteiger partial charge in [0.1, 0.15) is 6.61 Å². The average Bonchev–Trinajstić information content (AvgIpc) is 2.87. The highest BCUT2D eigenvalue weighted by Crippen LogP contribution is 2.29. The normalized spacial score (nSPS) is 11.6. The Morgan fingerprint density at radius 1 is 0.735 bits per heavy atom. The zero-order chi connectivity index (χ0) is 23.8. The molecule has 4 aromatic carbocycles. The molecule has 1 unspecified atom stereocenters. The smallest absolute Gasteiger partial charge is 0.344 e. The summed E-state index contributed by atoms with van der Waals surface area (Å²) in [6.45, 7) is 0.374. The van der Waals surface area contributed by atoms with E-state index < -0.39 is 12.1 Å². The van der Waals surface area contributed by atoms with Gasteiger partial charge in [0.05, 0.1) is 0 Å². The number of hydrogen-bond donors (Lipinski definition) is 1. The van der Waals surface area contributed by atoms with Crippen molar-refractivity contribution in [1.29, 1.82) is 0 Å². The van der Waals surface area contributed by atoms with Crippen LogP contribution < -0.4 is 9.47 Å². The summed E-state index contributed by atoms with van der Waals surface area (Å²) in [6, 6.07) is 32.7. The molecule has 1 N–H and O–H groups in total. The Bertz CT molecular complexity index is 1210. The molecule has 0 aromatic heterocycles. The van der Waals surface area contributed by atoms with Gasteiger partial charge in [-0.05, 0) is 59.4 Å². The van der Waals surface area contributed by atoms with Crippen molar-refractivity contribution in [2.75, 3.05) is 0 Å². The predicted octanol–water partition coefficient (Wildman–Crippen LogP) is 7.05. The van der Waals surface area contributed by atoms with Crippen molar-refractivity contribution in [3.63, 3.8) is 0 Å². The van der Waals surface area contributed by atoms with Gasteiger partial charge in [-0.2, -0.15) is 0 Å². The van der Waals surface area contributed by atoms with Crippen LogP contribution in [0.2, 0.25) is 5.02 Å². The molecule has 0 heterocycles. The van der Waals surface area contributed by atoms with E-state index in [0.717, 1.165) is 22.3 Å². The first-order valence-corrected chi connectivity index (χ1v) is 11.5. The third-order valence-corrected chi connectivity index (χ3v) is 5.71. The molecule has 4 rings (SSSR count). The van der Waals surface area contributed by atoms with Gasteiger partial charge in [-0.15, -0.1) is 0 Å². The van der Waals surface area contributed by atoms with Crippen LogP contribution in [0, 0.1) is 0 Å². The van der Waals surface area contributed by atoms with Crippen LogP contribution in [0.1, 0.15) is 17.5 Å². The number of benzene rings is 4. The van der Waals surface area contributed by atoms with E-state index in [1.165, 1.54) is 0 Å². The number of aliphatic carboxylic acids is 1. The average molecular weight is 473 g/mol. The Labute approximate surface area is 204 Å². The summed E-state index contributed by atoms with van der Waals surface area (Å²) >= 11 is 5.97. The minimum Gasteiger partial charge on any atom is -0.485 e. The second-order valence-electron chi connectivity index (χ2n) is 7.91. The molecule has 0 aliphatic carbocycles. The number of carboxylic acids is 1. The number of rotatable bonds is 10. The van der Waals surface area contributed by atoms with Crippen molar-refractivity contribution in [3.8, 4) is 22.6 Å². The molecule has 4 aromatic rings. The lowest BCUT2D eigenvalue weighted by Crippen LogP contribution is -2.27. The SMILES string of the molecule is O=C(O)C(CCc1ccc(-c2ccc(Cl)cc2)cc1)Oc1ccccc1OCc1ccccc1. The number of carbonyl (C=O) groups is 1. The molecule has 172 valence electrons. The maximum atomic E-state index is 11.9. The van der Waals surface area contributed by atoms with Crippen molar-refractivity contribution in [1.82, 2.24) is 0 Å². The van der Waals surface area contributed by atoms with E-state index in [9.17, 15) is 9.90 Å². The van der Waals surface area contributed by atoms with E-state index in [-0.39, 0.29) is 0 Å². The molecular formula is C29H25ClO4. The van der Waals surface area contributed by atoms with Crippen LogP contribution in [0.15, 0.2) is 103 Å². The molecule has 0 saturated carbocycles. The molecule has 0 amide bonds. The highest BCUT2D eigenvalue weighted by atomic mass is 35.5. The van der Waals surface area contributed by atoms with Crippen molar-refractivity contribution in [3.05, 3.63) is 119 Å². The van der Waals surface area contributed by atoms with Gasteiger partial charge in [-0.25, -0.2) is 4.79 Å². The molecule has 0 bridgehead atoms. The standard InChI is InChI=1S/C29H25ClO4/c30-25-17-15-24(16-18-25)23-13-10-21(11-14-23)12-19-28(29(31)32)34-27-9-5-4-8-26(27)33-20-22-6-2-1-3-7-22/h1-11,13-18,28H,12,19-20H2,(H,31,32). The molecule has 1 atom stereocenters. The molecule has 0 aliphatic heterocycles. The quantitative estimate of drug-likeness (QED) is 0.268. The van der Waals surface area contributed by atoms with Gasteiger partial charge in [-0.1, -0.05) is 90.5 Å². The predicted molar refractivity (Wildman–Crippen MR) is 134 cm³/mol. The minimum absolute atomic E-state index is 0.336. The lowest BCUT2D eigenvalue weighted by atomic mass is 10.0. The van der Waals surface area contributed by atoms with E-state index >= 15 is 0 Å². The molecular weight excluding hydrogens is 448 g/mol. The Morgan fingerprint density at radius 3 is 1.97 bits per heavy atom. The van der Waals surface area contributed by atoms with Crippen LogP contribution in [0.4, 0.5) is 0 Å². The molecule has 0 saturated heterocycles. The van der Waals surface area contributed by atoms with E-state index in [0.29, 0.717) is 36.0 Å². The first-order valence-electron chi connectivity index (χ1n) is 11.1. The minimum atomic E-state index is -1.00. The van der Waals surface area contributed by atoms with Gasteiger partial charge < -0.3 is 14.6 Å². The van der Waals surface area contributed by atoms with Gasteiger partial charge in [0.2, 0.25) is 0 Å². The summed E-state index contributed by atoms with van der Waals surface area (Å²) in [4.78, 5) is 11.9. The number of ether oxygens (including phenoxy) is 2. The summed E-state index contributed by atoms with van der Waals surface area (Å²) in [5.41, 5.74) is 4.22. The number of hydrogen-bond acceptors (Lipinski definition) is 3. The van der Waals surface area contributed by atoms with Crippen LogP contribution in [-0.2, 0) is 17.8 Å². The number of aryl methyl sites for hydroxylation is 1. The molecule has 0 radical (unpaired) electrons. The van der Waals surface area contributed by atoms with Crippen LogP contribution in [0.3, 0.4) is 0 Å². The number of halogens is 1. The highest BCUT2D eigenvalue weighted by Gasteiger charge is 2.21.